The van der Waals surface area contributed by atoms with Crippen LogP contribution in [0.1, 0.15) is 23.5 Å². The molecule has 1 atom stereocenters. The Bertz CT molecular complexity index is 1720. The first kappa shape index (κ1) is 27.4. The van der Waals surface area contributed by atoms with E-state index in [1.807, 2.05) is 31.8 Å². The molecule has 1 aromatic carbocycles. The first-order chi connectivity index (χ1) is 19.6. The number of nitrogens with zero attached hydrogens (tertiary/aromatic N) is 7. The zero-order valence-electron chi connectivity index (χ0n) is 21.8. The van der Waals surface area contributed by atoms with Crippen molar-refractivity contribution in [2.75, 3.05) is 18.0 Å². The molecule has 5 aromatic rings. The monoisotopic (exact) mass is 559 g/mol. The van der Waals surface area contributed by atoms with E-state index in [4.69, 9.17) is 14.9 Å². The third-order valence-corrected chi connectivity index (χ3v) is 6.86. The molecule has 0 amide bonds. The van der Waals surface area contributed by atoms with Crippen molar-refractivity contribution in [1.29, 1.82) is 5.26 Å². The summed E-state index contributed by atoms with van der Waals surface area (Å²) in [4.78, 5) is 16.1. The molecule has 4 aromatic heterocycles. The minimum Gasteiger partial charge on any atom is -0.475 e. The lowest BCUT2D eigenvalue weighted by Crippen LogP contribution is -2.21. The van der Waals surface area contributed by atoms with Crippen LogP contribution in [0.15, 0.2) is 79.5 Å². The van der Waals surface area contributed by atoms with E-state index in [1.165, 1.54) is 5.56 Å². The molecule has 0 spiro atoms. The molecule has 1 saturated heterocycles. The number of carbonyl (C=O) groups is 1. The smallest absolute Gasteiger partial charge is 0.475 e. The van der Waals surface area contributed by atoms with Crippen molar-refractivity contribution < 1.29 is 23.1 Å². The summed E-state index contributed by atoms with van der Waals surface area (Å²) >= 11 is 0. The molecule has 208 valence electrons. The van der Waals surface area contributed by atoms with Gasteiger partial charge in [-0.3, -0.25) is 4.68 Å². The van der Waals surface area contributed by atoms with Crippen LogP contribution < -0.4 is 4.90 Å². The van der Waals surface area contributed by atoms with Gasteiger partial charge in [0, 0.05) is 66.9 Å². The third kappa shape index (κ3) is 5.89. The van der Waals surface area contributed by atoms with Crippen molar-refractivity contribution in [3.05, 3.63) is 90.6 Å². The summed E-state index contributed by atoms with van der Waals surface area (Å²) in [5, 5.41) is 25.5. The van der Waals surface area contributed by atoms with Crippen molar-refractivity contribution >= 4 is 17.3 Å². The van der Waals surface area contributed by atoms with E-state index in [1.54, 1.807) is 15.4 Å². The number of carboxylic acid groups (broad SMARTS) is 1. The number of halogens is 3. The second-order valence-electron chi connectivity index (χ2n) is 9.56. The maximum absolute atomic E-state index is 10.6. The fourth-order valence-corrected chi connectivity index (χ4v) is 4.85. The number of nitriles is 1. The number of hydrogen-bond donors (Lipinski definition) is 1. The fourth-order valence-electron chi connectivity index (χ4n) is 4.85. The highest BCUT2D eigenvalue weighted by molar-refractivity contribution is 5.87. The minimum absolute atomic E-state index is 0.531. The standard InChI is InChI=1S/C27H23N7.C2HF3O2/c1-32-16-24(15-30-32)22-11-25(27-23(12-28)14-31-34(27)18-22)20-7-8-26(29-13-20)33-10-9-21(17-33)19-5-3-2-4-6-19;3-2(4,5)1(6)7/h2-8,11,13-16,18,21H,9-10,17H2,1H3;(H,6,7). The Hall–Kier alpha value is -5.18. The Morgan fingerprint density at radius 1 is 1.02 bits per heavy atom. The molecule has 1 fully saturated rings. The lowest BCUT2D eigenvalue weighted by molar-refractivity contribution is -0.192. The van der Waals surface area contributed by atoms with Crippen LogP contribution in [0.25, 0.3) is 27.8 Å². The third-order valence-electron chi connectivity index (χ3n) is 6.86. The summed E-state index contributed by atoms with van der Waals surface area (Å²) in [6, 6.07) is 19.2. The number of anilines is 1. The van der Waals surface area contributed by atoms with Crippen LogP contribution in [0.3, 0.4) is 0 Å². The van der Waals surface area contributed by atoms with Gasteiger partial charge in [0.25, 0.3) is 0 Å². The highest BCUT2D eigenvalue weighted by Crippen LogP contribution is 2.34. The van der Waals surface area contributed by atoms with Gasteiger partial charge in [0.2, 0.25) is 0 Å². The molecule has 0 aliphatic carbocycles. The van der Waals surface area contributed by atoms with Crippen molar-refractivity contribution in [3.8, 4) is 28.3 Å². The Morgan fingerprint density at radius 2 is 1.78 bits per heavy atom. The van der Waals surface area contributed by atoms with Crippen LogP contribution in [0.5, 0.6) is 0 Å². The van der Waals surface area contributed by atoms with Crippen molar-refractivity contribution in [2.24, 2.45) is 7.05 Å². The number of aliphatic carboxylic acids is 1. The van der Waals surface area contributed by atoms with Gasteiger partial charge in [0.1, 0.15) is 11.9 Å². The Kier molecular flexibility index (Phi) is 7.43. The van der Waals surface area contributed by atoms with Gasteiger partial charge in [-0.05, 0) is 30.2 Å². The number of fused-ring (bicyclic) bond motifs is 1. The Morgan fingerprint density at radius 3 is 2.39 bits per heavy atom. The van der Waals surface area contributed by atoms with E-state index in [9.17, 15) is 18.4 Å². The molecule has 1 unspecified atom stereocenters. The number of pyridine rings is 2. The van der Waals surface area contributed by atoms with Crippen LogP contribution >= 0.6 is 0 Å². The largest absolute Gasteiger partial charge is 0.490 e. The molecule has 0 radical (unpaired) electrons. The van der Waals surface area contributed by atoms with E-state index in [2.05, 4.69) is 69.7 Å². The highest BCUT2D eigenvalue weighted by Gasteiger charge is 2.38. The average Bonchev–Trinajstić information content (AvgIpc) is 3.73. The predicted octanol–water partition coefficient (Wildman–Crippen LogP) is 5.30. The Labute approximate surface area is 232 Å². The quantitative estimate of drug-likeness (QED) is 0.318. The number of alkyl halides is 3. The molecular formula is C29H24F3N7O2. The second kappa shape index (κ2) is 11.1. The van der Waals surface area contributed by atoms with Gasteiger partial charge in [-0.1, -0.05) is 30.3 Å². The maximum atomic E-state index is 10.6. The van der Waals surface area contributed by atoms with Crippen molar-refractivity contribution in [3.63, 3.8) is 0 Å². The number of aryl methyl sites for hydroxylation is 1. The van der Waals surface area contributed by atoms with Crippen molar-refractivity contribution in [1.82, 2.24) is 24.4 Å². The van der Waals surface area contributed by atoms with Crippen LogP contribution in [0, 0.1) is 11.3 Å². The van der Waals surface area contributed by atoms with Gasteiger partial charge < -0.3 is 10.0 Å². The Balaban J connectivity index is 0.000000431. The molecule has 1 aliphatic heterocycles. The average molecular weight is 560 g/mol. The van der Waals surface area contributed by atoms with Gasteiger partial charge in [-0.2, -0.15) is 28.6 Å². The molecule has 1 aliphatic rings. The molecule has 0 bridgehead atoms. The number of carboxylic acids is 1. The van der Waals surface area contributed by atoms with Crippen LogP contribution in [0.2, 0.25) is 0 Å². The topological polar surface area (TPSA) is 112 Å². The first-order valence-corrected chi connectivity index (χ1v) is 12.6. The van der Waals surface area contributed by atoms with Gasteiger partial charge >= 0.3 is 12.1 Å². The zero-order chi connectivity index (χ0) is 29.1. The molecular weight excluding hydrogens is 535 g/mol. The second-order valence-corrected chi connectivity index (χ2v) is 9.56. The predicted molar refractivity (Wildman–Crippen MR) is 145 cm³/mol. The van der Waals surface area contributed by atoms with Gasteiger partial charge in [0.05, 0.1) is 23.5 Å². The van der Waals surface area contributed by atoms with Crippen molar-refractivity contribution in [2.45, 2.75) is 18.5 Å². The van der Waals surface area contributed by atoms with E-state index >= 15 is 0 Å². The SMILES string of the molecule is Cn1cc(-c2cc(-c3ccc(N4CCC(c5ccccc5)C4)nc3)c3c(C#N)cnn3c2)cn1.O=C(O)C(F)(F)F. The summed E-state index contributed by atoms with van der Waals surface area (Å²) in [5.41, 5.74) is 6.58. The maximum Gasteiger partial charge on any atom is 0.490 e. The summed E-state index contributed by atoms with van der Waals surface area (Å²) in [6.07, 6.45) is 5.30. The number of hydrogen-bond acceptors (Lipinski definition) is 6. The number of rotatable bonds is 4. The molecule has 1 N–H and O–H groups in total. The fraction of sp³-hybridized carbons (Fsp3) is 0.207. The molecule has 0 saturated carbocycles. The van der Waals surface area contributed by atoms with Gasteiger partial charge in [0.15, 0.2) is 0 Å². The molecule has 6 rings (SSSR count). The zero-order valence-corrected chi connectivity index (χ0v) is 21.8. The van der Waals surface area contributed by atoms with Gasteiger partial charge in [-0.25, -0.2) is 14.3 Å². The molecule has 41 heavy (non-hydrogen) atoms. The minimum atomic E-state index is -5.08. The molecule has 12 heteroatoms. The summed E-state index contributed by atoms with van der Waals surface area (Å²) < 4.78 is 35.3. The van der Waals surface area contributed by atoms with E-state index in [-0.39, 0.29) is 0 Å². The molecule has 5 heterocycles. The summed E-state index contributed by atoms with van der Waals surface area (Å²) in [7, 11) is 1.90. The van der Waals surface area contributed by atoms with E-state index in [0.29, 0.717) is 11.5 Å². The van der Waals surface area contributed by atoms with Crippen LogP contribution in [-0.4, -0.2) is 54.7 Å². The molecule has 9 nitrogen and oxygen atoms in total. The lowest BCUT2D eigenvalue weighted by atomic mass is 9.99. The summed E-state index contributed by atoms with van der Waals surface area (Å²) in [6.45, 7) is 1.96. The van der Waals surface area contributed by atoms with Gasteiger partial charge in [-0.15, -0.1) is 0 Å². The number of aromatic nitrogens is 5. The summed E-state index contributed by atoms with van der Waals surface area (Å²) in [5.74, 6) is -1.24. The lowest BCUT2D eigenvalue weighted by Gasteiger charge is -2.18. The van der Waals surface area contributed by atoms with Crippen LogP contribution in [0.4, 0.5) is 19.0 Å². The normalized spacial score (nSPS) is 14.9. The van der Waals surface area contributed by atoms with E-state index < -0.39 is 12.1 Å². The first-order valence-electron chi connectivity index (χ1n) is 12.6. The number of benzene rings is 1. The van der Waals surface area contributed by atoms with E-state index in [0.717, 1.165) is 53.1 Å². The highest BCUT2D eigenvalue weighted by atomic mass is 19.4. The van der Waals surface area contributed by atoms with Crippen LogP contribution in [-0.2, 0) is 11.8 Å².